The van der Waals surface area contributed by atoms with Gasteiger partial charge in [-0.05, 0) is 67.6 Å². The summed E-state index contributed by atoms with van der Waals surface area (Å²) in [6.07, 6.45) is 6.07. The first-order chi connectivity index (χ1) is 14.7. The smallest absolute Gasteiger partial charge is 0.150 e. The van der Waals surface area contributed by atoms with Gasteiger partial charge in [-0.3, -0.25) is 14.8 Å². The second kappa shape index (κ2) is 11.2. The molecule has 2 aromatic carbocycles. The van der Waals surface area contributed by atoms with E-state index in [4.69, 9.17) is 0 Å². The lowest BCUT2D eigenvalue weighted by molar-refractivity contribution is 0.112. The topological polar surface area (TPSA) is 48.3 Å². The number of aliphatic imine (C=N–C) groups is 2. The molecule has 2 aromatic rings. The Labute approximate surface area is 179 Å². The van der Waals surface area contributed by atoms with E-state index in [2.05, 4.69) is 57.7 Å². The lowest BCUT2D eigenvalue weighted by Crippen LogP contribution is -2.46. The monoisotopic (exact) mass is 402 g/mol. The first-order valence-corrected chi connectivity index (χ1v) is 10.5. The molecule has 156 valence electrons. The average Bonchev–Trinajstić information content (AvgIpc) is 2.81. The van der Waals surface area contributed by atoms with Crippen molar-refractivity contribution in [1.29, 1.82) is 0 Å². The highest BCUT2D eigenvalue weighted by Gasteiger charge is 2.15. The first-order valence-electron chi connectivity index (χ1n) is 10.5. The largest absolute Gasteiger partial charge is 0.369 e. The number of aldehydes is 1. The van der Waals surface area contributed by atoms with Crippen molar-refractivity contribution in [2.24, 2.45) is 9.98 Å². The van der Waals surface area contributed by atoms with Crippen LogP contribution in [-0.4, -0.2) is 56.8 Å². The molecule has 0 aromatic heterocycles. The fraction of sp³-hybridized carbons (Fsp3) is 0.320. The molecule has 1 aliphatic rings. The predicted octanol–water partition coefficient (Wildman–Crippen LogP) is 4.56. The summed E-state index contributed by atoms with van der Waals surface area (Å²) in [5, 5.41) is 0. The molecular formula is C25H30N4O. The molecule has 0 aliphatic carbocycles. The molecule has 0 saturated carbocycles. The van der Waals surface area contributed by atoms with Crippen LogP contribution < -0.4 is 4.90 Å². The van der Waals surface area contributed by atoms with Crippen molar-refractivity contribution in [2.75, 3.05) is 37.6 Å². The van der Waals surface area contributed by atoms with E-state index >= 15 is 0 Å². The molecule has 1 saturated heterocycles. The van der Waals surface area contributed by atoms with Crippen molar-refractivity contribution in [3.05, 3.63) is 71.4 Å². The van der Waals surface area contributed by atoms with Gasteiger partial charge in [-0.2, -0.15) is 0 Å². The van der Waals surface area contributed by atoms with Crippen LogP contribution in [0.15, 0.2) is 70.3 Å². The Morgan fingerprint density at radius 2 is 1.87 bits per heavy atom. The number of allylic oxidation sites excluding steroid dienone is 1. The highest BCUT2D eigenvalue weighted by Crippen LogP contribution is 2.21. The molecule has 0 N–H and O–H groups in total. The number of carbonyl (C=O) groups is 1. The standard InChI is InChI=1S/C25H30N4O/c1-3-28-13-15-29(16-14-28)25-11-9-24(10-12-25)27-19-23(18-26-2)8-7-21-5-4-6-22(17-21)20-30/h4-6,9-12,17-20H,2-3,7-8,13-16H2,1H3/b23-18-,27-19?. The van der Waals surface area contributed by atoms with Crippen molar-refractivity contribution >= 4 is 30.6 Å². The minimum absolute atomic E-state index is 0.699. The fourth-order valence-corrected chi connectivity index (χ4v) is 3.62. The summed E-state index contributed by atoms with van der Waals surface area (Å²) in [5.74, 6) is 0. The molecule has 0 atom stereocenters. The Morgan fingerprint density at radius 1 is 1.10 bits per heavy atom. The molecule has 5 nitrogen and oxygen atoms in total. The minimum atomic E-state index is 0.699. The highest BCUT2D eigenvalue weighted by molar-refractivity contribution is 5.81. The van der Waals surface area contributed by atoms with Crippen LogP contribution in [0.4, 0.5) is 11.4 Å². The van der Waals surface area contributed by atoms with Gasteiger partial charge in [0.25, 0.3) is 0 Å². The van der Waals surface area contributed by atoms with Gasteiger partial charge < -0.3 is 9.80 Å². The van der Waals surface area contributed by atoms with Gasteiger partial charge in [0.2, 0.25) is 0 Å². The zero-order valence-corrected chi connectivity index (χ0v) is 17.7. The van der Waals surface area contributed by atoms with Gasteiger partial charge in [-0.25, -0.2) is 0 Å². The van der Waals surface area contributed by atoms with Crippen LogP contribution in [-0.2, 0) is 6.42 Å². The Balaban J connectivity index is 1.58. The summed E-state index contributed by atoms with van der Waals surface area (Å²) in [7, 11) is 0. The number of benzene rings is 2. The average molecular weight is 403 g/mol. The number of aryl methyl sites for hydroxylation is 1. The van der Waals surface area contributed by atoms with E-state index in [1.807, 2.05) is 30.5 Å². The van der Waals surface area contributed by atoms with Crippen molar-refractivity contribution < 1.29 is 4.79 Å². The lowest BCUT2D eigenvalue weighted by Gasteiger charge is -2.35. The number of piperazine rings is 1. The van der Waals surface area contributed by atoms with Gasteiger partial charge in [-0.15, -0.1) is 0 Å². The van der Waals surface area contributed by atoms with Crippen molar-refractivity contribution in [1.82, 2.24) is 4.90 Å². The molecule has 0 unspecified atom stereocenters. The van der Waals surface area contributed by atoms with Crippen LogP contribution in [0.25, 0.3) is 0 Å². The van der Waals surface area contributed by atoms with Crippen LogP contribution in [0.2, 0.25) is 0 Å². The number of carbonyl (C=O) groups excluding carboxylic acids is 1. The summed E-state index contributed by atoms with van der Waals surface area (Å²) in [6.45, 7) is 11.3. The molecule has 0 amide bonds. The summed E-state index contributed by atoms with van der Waals surface area (Å²) < 4.78 is 0. The van der Waals surface area contributed by atoms with Crippen LogP contribution >= 0.6 is 0 Å². The Morgan fingerprint density at radius 3 is 2.53 bits per heavy atom. The Kier molecular flexibility index (Phi) is 8.10. The molecule has 5 heteroatoms. The zero-order chi connectivity index (χ0) is 21.2. The second-order valence-corrected chi connectivity index (χ2v) is 7.45. The van der Waals surface area contributed by atoms with E-state index in [-0.39, 0.29) is 0 Å². The van der Waals surface area contributed by atoms with E-state index in [9.17, 15) is 4.79 Å². The summed E-state index contributed by atoms with van der Waals surface area (Å²) >= 11 is 0. The van der Waals surface area contributed by atoms with E-state index in [1.54, 1.807) is 6.20 Å². The van der Waals surface area contributed by atoms with E-state index in [1.165, 1.54) is 5.69 Å². The van der Waals surface area contributed by atoms with Crippen LogP contribution in [0.3, 0.4) is 0 Å². The maximum Gasteiger partial charge on any atom is 0.150 e. The number of anilines is 1. The molecule has 1 heterocycles. The molecule has 1 aliphatic heterocycles. The van der Waals surface area contributed by atoms with Gasteiger partial charge in [-0.1, -0.05) is 25.1 Å². The lowest BCUT2D eigenvalue weighted by atomic mass is 10.0. The molecule has 0 radical (unpaired) electrons. The number of hydrogen-bond donors (Lipinski definition) is 0. The normalized spacial score (nSPS) is 15.5. The Hall–Kier alpha value is -3.05. The van der Waals surface area contributed by atoms with Gasteiger partial charge in [0.15, 0.2) is 0 Å². The molecule has 3 rings (SSSR count). The van der Waals surface area contributed by atoms with Crippen molar-refractivity contribution in [3.8, 4) is 0 Å². The summed E-state index contributed by atoms with van der Waals surface area (Å²) in [4.78, 5) is 24.4. The van der Waals surface area contributed by atoms with Crippen LogP contribution in [0.5, 0.6) is 0 Å². The van der Waals surface area contributed by atoms with Gasteiger partial charge in [0.1, 0.15) is 6.29 Å². The summed E-state index contributed by atoms with van der Waals surface area (Å²) in [5.41, 5.74) is 4.99. The van der Waals surface area contributed by atoms with E-state index in [0.29, 0.717) is 5.56 Å². The first kappa shape index (κ1) is 21.7. The van der Waals surface area contributed by atoms with Crippen LogP contribution in [0.1, 0.15) is 29.3 Å². The SMILES string of the molecule is C=N/C=C(\C=Nc1ccc(N2CCN(CC)CC2)cc1)CCc1cccc(C=O)c1. The molecule has 30 heavy (non-hydrogen) atoms. The van der Waals surface area contributed by atoms with Gasteiger partial charge in [0, 0.05) is 49.8 Å². The predicted molar refractivity (Wildman–Crippen MR) is 127 cm³/mol. The number of nitrogens with zero attached hydrogens (tertiary/aromatic N) is 4. The molecule has 1 fully saturated rings. The number of rotatable bonds is 9. The molecular weight excluding hydrogens is 372 g/mol. The minimum Gasteiger partial charge on any atom is -0.369 e. The highest BCUT2D eigenvalue weighted by atomic mass is 16.1. The van der Waals surface area contributed by atoms with E-state index in [0.717, 1.165) is 68.7 Å². The molecule has 0 bridgehead atoms. The third-order valence-electron chi connectivity index (χ3n) is 5.46. The fourth-order valence-electron chi connectivity index (χ4n) is 3.62. The maximum atomic E-state index is 11.0. The second-order valence-electron chi connectivity index (χ2n) is 7.45. The summed E-state index contributed by atoms with van der Waals surface area (Å²) in [6, 6.07) is 16.1. The van der Waals surface area contributed by atoms with Crippen LogP contribution in [0, 0.1) is 0 Å². The third-order valence-corrected chi connectivity index (χ3v) is 5.46. The Bertz CT molecular complexity index is 894. The molecule has 0 spiro atoms. The van der Waals surface area contributed by atoms with E-state index < -0.39 is 0 Å². The van der Waals surface area contributed by atoms with Crippen molar-refractivity contribution in [3.63, 3.8) is 0 Å². The number of hydrogen-bond acceptors (Lipinski definition) is 5. The quantitative estimate of drug-likeness (QED) is 0.456. The number of likely N-dealkylation sites (N-methyl/N-ethyl adjacent to an activating group) is 1. The van der Waals surface area contributed by atoms with Gasteiger partial charge in [0.05, 0.1) is 5.69 Å². The maximum absolute atomic E-state index is 11.0. The third kappa shape index (κ3) is 6.22. The van der Waals surface area contributed by atoms with Crippen molar-refractivity contribution in [2.45, 2.75) is 19.8 Å². The van der Waals surface area contributed by atoms with Gasteiger partial charge >= 0.3 is 0 Å². The zero-order valence-electron chi connectivity index (χ0n) is 17.7.